The molecule has 9 heteroatoms. The highest BCUT2D eigenvalue weighted by molar-refractivity contribution is 5.84. The van der Waals surface area contributed by atoms with E-state index in [1.807, 2.05) is 20.8 Å². The van der Waals surface area contributed by atoms with Crippen molar-refractivity contribution in [2.75, 3.05) is 6.61 Å². The summed E-state index contributed by atoms with van der Waals surface area (Å²) in [4.78, 5) is 53.4. The van der Waals surface area contributed by atoms with E-state index in [9.17, 15) is 24.3 Å². The number of esters is 4. The van der Waals surface area contributed by atoms with Crippen LogP contribution in [0, 0.1) is 28.1 Å². The van der Waals surface area contributed by atoms with Crippen LogP contribution in [0.5, 0.6) is 0 Å². The smallest absolute Gasteiger partial charge is 0.347 e. The highest BCUT2D eigenvalue weighted by Crippen LogP contribution is 2.59. The highest BCUT2D eigenvalue weighted by atomic mass is 16.6. The second kappa shape index (κ2) is 12.6. The first-order valence-corrected chi connectivity index (χ1v) is 16.3. The van der Waals surface area contributed by atoms with Crippen LogP contribution < -0.4 is 0 Å². The SMILES string of the molecule is C.CCC(C)(CC(C)(CCC(C)(CC)C(=O)OC12CC3CC(CC(O)(C3)C1)C2)C(=O)OC1CCOC1=O)C(=O)OC(C)(C)C. The first-order valence-electron chi connectivity index (χ1n) is 16.3. The minimum atomic E-state index is -1.20. The van der Waals surface area contributed by atoms with Crippen molar-refractivity contribution in [2.24, 2.45) is 28.1 Å². The topological polar surface area (TPSA) is 125 Å². The minimum absolute atomic E-state index is 0. The lowest BCUT2D eigenvalue weighted by atomic mass is 9.52. The van der Waals surface area contributed by atoms with Gasteiger partial charge in [-0.25, -0.2) is 4.79 Å². The molecule has 5 fully saturated rings. The molecule has 0 spiro atoms. The minimum Gasteiger partial charge on any atom is -0.463 e. The Bertz CT molecular complexity index is 1090. The van der Waals surface area contributed by atoms with Crippen molar-refractivity contribution in [1.29, 1.82) is 0 Å². The lowest BCUT2D eigenvalue weighted by Gasteiger charge is -2.59. The summed E-state index contributed by atoms with van der Waals surface area (Å²) in [5.74, 6) is -1.10. The molecule has 5 rings (SSSR count). The maximum absolute atomic E-state index is 13.9. The van der Waals surface area contributed by atoms with Crippen LogP contribution in [0.1, 0.15) is 140 Å². The van der Waals surface area contributed by atoms with Gasteiger partial charge >= 0.3 is 23.9 Å². The zero-order valence-electron chi connectivity index (χ0n) is 27.6. The van der Waals surface area contributed by atoms with Gasteiger partial charge in [-0.2, -0.15) is 0 Å². The Morgan fingerprint density at radius 2 is 1.43 bits per heavy atom. The first-order chi connectivity index (χ1) is 19.8. The van der Waals surface area contributed by atoms with Crippen molar-refractivity contribution < 1.29 is 43.2 Å². The van der Waals surface area contributed by atoms with E-state index in [0.717, 1.165) is 32.1 Å². The number of hydrogen-bond acceptors (Lipinski definition) is 9. The third-order valence-corrected chi connectivity index (χ3v) is 10.9. The summed E-state index contributed by atoms with van der Waals surface area (Å²) in [7, 11) is 0. The van der Waals surface area contributed by atoms with E-state index in [1.54, 1.807) is 34.6 Å². The molecule has 4 saturated carbocycles. The van der Waals surface area contributed by atoms with Crippen molar-refractivity contribution in [3.63, 3.8) is 0 Å². The Labute approximate surface area is 264 Å². The Hall–Kier alpha value is -2.16. The van der Waals surface area contributed by atoms with Gasteiger partial charge in [0.2, 0.25) is 6.10 Å². The zero-order chi connectivity index (χ0) is 32.1. The van der Waals surface area contributed by atoms with E-state index in [0.29, 0.717) is 37.5 Å². The summed E-state index contributed by atoms with van der Waals surface area (Å²) in [6.07, 6.45) is 5.67. The average molecular weight is 623 g/mol. The second-order valence-electron chi connectivity index (χ2n) is 16.2. The van der Waals surface area contributed by atoms with Gasteiger partial charge in [-0.05, 0) is 118 Å². The Kier molecular flexibility index (Phi) is 10.4. The maximum Gasteiger partial charge on any atom is 0.347 e. The number of carbonyl (C=O) groups excluding carboxylic acids is 4. The van der Waals surface area contributed by atoms with Gasteiger partial charge < -0.3 is 24.1 Å². The fourth-order valence-electron chi connectivity index (χ4n) is 8.27. The van der Waals surface area contributed by atoms with Crippen LogP contribution in [0.3, 0.4) is 0 Å². The van der Waals surface area contributed by atoms with E-state index >= 15 is 0 Å². The van der Waals surface area contributed by atoms with Gasteiger partial charge in [0.1, 0.15) is 11.2 Å². The van der Waals surface area contributed by atoms with Crippen LogP contribution in [0.25, 0.3) is 0 Å². The Morgan fingerprint density at radius 1 is 0.864 bits per heavy atom. The van der Waals surface area contributed by atoms with E-state index in [1.165, 1.54) is 0 Å². The van der Waals surface area contributed by atoms with Crippen molar-refractivity contribution in [2.45, 2.75) is 163 Å². The number of hydrogen-bond donors (Lipinski definition) is 1. The van der Waals surface area contributed by atoms with Gasteiger partial charge in [-0.1, -0.05) is 21.3 Å². The molecule has 9 nitrogen and oxygen atoms in total. The van der Waals surface area contributed by atoms with Gasteiger partial charge in [0, 0.05) is 12.8 Å². The molecule has 6 unspecified atom stereocenters. The van der Waals surface area contributed by atoms with E-state index in [-0.39, 0.29) is 39.3 Å². The lowest BCUT2D eigenvalue weighted by Crippen LogP contribution is -2.61. The molecule has 1 N–H and O–H groups in total. The molecule has 6 atom stereocenters. The summed E-state index contributed by atoms with van der Waals surface area (Å²) in [5.41, 5.74) is -5.18. The monoisotopic (exact) mass is 622 g/mol. The molecule has 1 heterocycles. The molecule has 0 amide bonds. The maximum atomic E-state index is 13.9. The molecule has 1 aliphatic heterocycles. The first kappa shape index (κ1) is 36.3. The van der Waals surface area contributed by atoms with Gasteiger partial charge in [0.25, 0.3) is 0 Å². The summed E-state index contributed by atoms with van der Waals surface area (Å²) in [5, 5.41) is 11.2. The molecule has 0 aromatic carbocycles. The average Bonchev–Trinajstić information content (AvgIpc) is 3.28. The van der Waals surface area contributed by atoms with Crippen LogP contribution in [0.4, 0.5) is 0 Å². The van der Waals surface area contributed by atoms with E-state index < -0.39 is 57.1 Å². The van der Waals surface area contributed by atoms with Gasteiger partial charge in [0.05, 0.1) is 28.5 Å². The van der Waals surface area contributed by atoms with Crippen LogP contribution in [0.15, 0.2) is 0 Å². The van der Waals surface area contributed by atoms with Crippen LogP contribution in [-0.4, -0.2) is 58.5 Å². The summed E-state index contributed by atoms with van der Waals surface area (Å²) < 4.78 is 22.9. The molecule has 44 heavy (non-hydrogen) atoms. The number of ether oxygens (including phenoxy) is 4. The zero-order valence-corrected chi connectivity index (χ0v) is 27.6. The molecular weight excluding hydrogens is 564 g/mol. The predicted molar refractivity (Wildman–Crippen MR) is 165 cm³/mol. The molecule has 5 aliphatic rings. The molecule has 4 aliphatic carbocycles. The number of aliphatic hydroxyl groups is 1. The summed E-state index contributed by atoms with van der Waals surface area (Å²) in [6.45, 7) is 14.9. The Balaban J connectivity index is 0.00000529. The van der Waals surface area contributed by atoms with E-state index in [2.05, 4.69) is 0 Å². The fourth-order valence-corrected chi connectivity index (χ4v) is 8.27. The molecule has 252 valence electrons. The number of cyclic esters (lactones) is 1. The quantitative estimate of drug-likeness (QED) is 0.193. The van der Waals surface area contributed by atoms with Crippen LogP contribution >= 0.6 is 0 Å². The van der Waals surface area contributed by atoms with Crippen LogP contribution in [-0.2, 0) is 38.1 Å². The summed E-state index contributed by atoms with van der Waals surface area (Å²) in [6, 6.07) is 0. The number of carbonyl (C=O) groups is 4. The molecule has 0 aromatic rings. The third-order valence-electron chi connectivity index (χ3n) is 10.9. The highest BCUT2D eigenvalue weighted by Gasteiger charge is 2.60. The second-order valence-corrected chi connectivity index (χ2v) is 16.2. The fraction of sp³-hybridized carbons (Fsp3) is 0.886. The molecule has 1 saturated heterocycles. The van der Waals surface area contributed by atoms with Crippen molar-refractivity contribution >= 4 is 23.9 Å². The molecule has 4 bridgehead atoms. The van der Waals surface area contributed by atoms with Gasteiger partial charge in [-0.3, -0.25) is 14.4 Å². The van der Waals surface area contributed by atoms with Crippen LogP contribution in [0.2, 0.25) is 0 Å². The standard InChI is InChI=1S/C34H54O9.CH4/c1-9-30(6,27(37)43-34-18-22-15-23(19-34)17-33(39,16-22)21-34)12-13-32(8,26(36)41-24-11-14-40-25(24)35)20-31(7,10-2)28(38)42-29(3,4)5;/h22-24,39H,9-21H2,1-8H3;1H4. The Morgan fingerprint density at radius 3 is 1.91 bits per heavy atom. The summed E-state index contributed by atoms with van der Waals surface area (Å²) >= 11 is 0. The number of rotatable bonds is 12. The third kappa shape index (κ3) is 7.61. The molecule has 0 aromatic heterocycles. The van der Waals surface area contributed by atoms with Crippen molar-refractivity contribution in [3.05, 3.63) is 0 Å². The van der Waals surface area contributed by atoms with Gasteiger partial charge in [0.15, 0.2) is 0 Å². The predicted octanol–water partition coefficient (Wildman–Crippen LogP) is 6.46. The van der Waals surface area contributed by atoms with E-state index in [4.69, 9.17) is 18.9 Å². The lowest BCUT2D eigenvalue weighted by molar-refractivity contribution is -0.226. The largest absolute Gasteiger partial charge is 0.463 e. The molecular formula is C35H58O9. The van der Waals surface area contributed by atoms with Crippen molar-refractivity contribution in [3.8, 4) is 0 Å². The van der Waals surface area contributed by atoms with Crippen molar-refractivity contribution in [1.82, 2.24) is 0 Å². The van der Waals surface area contributed by atoms with Gasteiger partial charge in [-0.15, -0.1) is 0 Å². The molecule has 0 radical (unpaired) electrons. The normalized spacial score (nSPS) is 33.2.